The van der Waals surface area contributed by atoms with E-state index in [2.05, 4.69) is 5.32 Å². The molecule has 1 aromatic carbocycles. The number of ether oxygens (including phenoxy) is 1. The van der Waals surface area contributed by atoms with E-state index in [1.807, 2.05) is 17.0 Å². The molecule has 1 saturated heterocycles. The quantitative estimate of drug-likeness (QED) is 0.852. The van der Waals surface area contributed by atoms with Crippen LogP contribution in [0.25, 0.3) is 0 Å². The molecule has 6 heteroatoms. The van der Waals surface area contributed by atoms with E-state index in [4.69, 9.17) is 27.9 Å². The van der Waals surface area contributed by atoms with Crippen molar-refractivity contribution in [3.8, 4) is 0 Å². The molecule has 0 radical (unpaired) electrons. The number of hydrogen-bond donors (Lipinski definition) is 1. The van der Waals surface area contributed by atoms with Crippen LogP contribution in [0.4, 0.5) is 4.79 Å². The summed E-state index contributed by atoms with van der Waals surface area (Å²) in [6.07, 6.45) is 5.68. The van der Waals surface area contributed by atoms with Crippen LogP contribution in [0.15, 0.2) is 18.2 Å². The Morgan fingerprint density at radius 2 is 1.83 bits per heavy atom. The first kappa shape index (κ1) is 16.9. The fourth-order valence-electron chi connectivity index (χ4n) is 3.31. The highest BCUT2D eigenvalue weighted by molar-refractivity contribution is 6.34. The van der Waals surface area contributed by atoms with Crippen molar-refractivity contribution in [2.45, 2.75) is 44.2 Å². The Balaban J connectivity index is 1.62. The van der Waals surface area contributed by atoms with Crippen molar-refractivity contribution in [1.29, 1.82) is 0 Å². The zero-order chi connectivity index (χ0) is 16.2. The monoisotopic (exact) mass is 356 g/mol. The van der Waals surface area contributed by atoms with Crippen molar-refractivity contribution in [2.75, 3.05) is 19.7 Å². The first-order valence-electron chi connectivity index (χ1n) is 8.25. The van der Waals surface area contributed by atoms with Gasteiger partial charge < -0.3 is 15.0 Å². The third-order valence-corrected chi connectivity index (χ3v) is 4.98. The molecule has 4 nitrogen and oxygen atoms in total. The summed E-state index contributed by atoms with van der Waals surface area (Å²) in [6, 6.07) is 5.72. The van der Waals surface area contributed by atoms with Gasteiger partial charge in [-0.05, 0) is 36.6 Å². The molecule has 2 fully saturated rings. The summed E-state index contributed by atoms with van der Waals surface area (Å²) in [5.41, 5.74) is 0.915. The van der Waals surface area contributed by atoms with Gasteiger partial charge in [-0.25, -0.2) is 4.79 Å². The fourth-order valence-corrected chi connectivity index (χ4v) is 3.85. The lowest BCUT2D eigenvalue weighted by Gasteiger charge is -2.35. The van der Waals surface area contributed by atoms with Crippen molar-refractivity contribution in [2.24, 2.45) is 0 Å². The average Bonchev–Trinajstić information content (AvgIpc) is 2.55. The average molecular weight is 357 g/mol. The van der Waals surface area contributed by atoms with E-state index in [1.165, 1.54) is 19.3 Å². The molecule has 3 rings (SSSR count). The maximum atomic E-state index is 12.5. The summed E-state index contributed by atoms with van der Waals surface area (Å²) >= 11 is 12.1. The lowest BCUT2D eigenvalue weighted by molar-refractivity contribution is -0.0159. The summed E-state index contributed by atoms with van der Waals surface area (Å²) in [6.45, 7) is 1.66. The zero-order valence-electron chi connectivity index (χ0n) is 13.1. The highest BCUT2D eigenvalue weighted by Crippen LogP contribution is 2.28. The van der Waals surface area contributed by atoms with E-state index < -0.39 is 0 Å². The van der Waals surface area contributed by atoms with Crippen molar-refractivity contribution in [3.05, 3.63) is 33.8 Å². The number of morpholine rings is 1. The number of nitrogens with zero attached hydrogens (tertiary/aromatic N) is 1. The second kappa shape index (κ2) is 7.73. The van der Waals surface area contributed by atoms with Crippen LogP contribution in [0, 0.1) is 0 Å². The first-order valence-corrected chi connectivity index (χ1v) is 9.00. The minimum atomic E-state index is -0.183. The SMILES string of the molecule is O=C(NC1CCCCC1)N1CCOC(c2cc(Cl)cc(Cl)c2)C1. The van der Waals surface area contributed by atoms with Crippen LogP contribution in [0.5, 0.6) is 0 Å². The van der Waals surface area contributed by atoms with Gasteiger partial charge in [0.05, 0.1) is 13.2 Å². The summed E-state index contributed by atoms with van der Waals surface area (Å²) in [7, 11) is 0. The van der Waals surface area contributed by atoms with Crippen LogP contribution in [0.3, 0.4) is 0 Å². The number of halogens is 2. The highest BCUT2D eigenvalue weighted by Gasteiger charge is 2.27. The van der Waals surface area contributed by atoms with Gasteiger partial charge in [0.2, 0.25) is 0 Å². The Bertz CT molecular complexity index is 541. The van der Waals surface area contributed by atoms with E-state index >= 15 is 0 Å². The minimum absolute atomic E-state index is 0.0123. The summed E-state index contributed by atoms with van der Waals surface area (Å²) in [4.78, 5) is 14.3. The molecule has 2 aliphatic rings. The molecule has 1 heterocycles. The number of amides is 2. The van der Waals surface area contributed by atoms with Gasteiger partial charge in [0.1, 0.15) is 6.10 Å². The number of nitrogens with one attached hydrogen (secondary N) is 1. The maximum Gasteiger partial charge on any atom is 0.317 e. The van der Waals surface area contributed by atoms with Crippen LogP contribution in [-0.4, -0.2) is 36.7 Å². The molecule has 1 aromatic rings. The standard InChI is InChI=1S/C17H22Cl2N2O2/c18-13-8-12(9-14(19)10-13)16-11-21(6-7-23-16)17(22)20-15-4-2-1-3-5-15/h8-10,15-16H,1-7,11H2,(H,20,22). The van der Waals surface area contributed by atoms with Gasteiger partial charge in [0, 0.05) is 22.6 Å². The van der Waals surface area contributed by atoms with Crippen molar-refractivity contribution < 1.29 is 9.53 Å². The Hall–Kier alpha value is -0.970. The van der Waals surface area contributed by atoms with E-state index in [0.29, 0.717) is 35.8 Å². The first-order chi connectivity index (χ1) is 11.1. The second-order valence-corrected chi connectivity index (χ2v) is 7.17. The Labute approximate surface area is 147 Å². The lowest BCUT2D eigenvalue weighted by atomic mass is 9.96. The van der Waals surface area contributed by atoms with E-state index in [-0.39, 0.29) is 12.1 Å². The Morgan fingerprint density at radius 3 is 2.52 bits per heavy atom. The molecule has 1 N–H and O–H groups in total. The van der Waals surface area contributed by atoms with Crippen LogP contribution < -0.4 is 5.32 Å². The molecular weight excluding hydrogens is 335 g/mol. The third kappa shape index (κ3) is 4.52. The van der Waals surface area contributed by atoms with Crippen LogP contribution in [0.2, 0.25) is 10.0 Å². The molecule has 1 unspecified atom stereocenters. The molecule has 23 heavy (non-hydrogen) atoms. The Kier molecular flexibility index (Phi) is 5.67. The molecule has 0 spiro atoms. The molecule has 0 bridgehead atoms. The molecule has 126 valence electrons. The van der Waals surface area contributed by atoms with E-state index in [1.54, 1.807) is 6.07 Å². The molecule has 1 saturated carbocycles. The predicted molar refractivity (Wildman–Crippen MR) is 92.1 cm³/mol. The molecule has 2 amide bonds. The molecule has 1 aliphatic heterocycles. The summed E-state index contributed by atoms with van der Waals surface area (Å²) in [5.74, 6) is 0. The van der Waals surface area contributed by atoms with E-state index in [9.17, 15) is 4.79 Å². The van der Waals surface area contributed by atoms with Crippen molar-refractivity contribution in [1.82, 2.24) is 10.2 Å². The molecule has 1 atom stereocenters. The van der Waals surface area contributed by atoms with Crippen LogP contribution >= 0.6 is 23.2 Å². The van der Waals surface area contributed by atoms with Gasteiger partial charge in [-0.1, -0.05) is 42.5 Å². The van der Waals surface area contributed by atoms with Crippen molar-refractivity contribution in [3.63, 3.8) is 0 Å². The van der Waals surface area contributed by atoms with Gasteiger partial charge in [-0.15, -0.1) is 0 Å². The van der Waals surface area contributed by atoms with Gasteiger partial charge in [0.25, 0.3) is 0 Å². The largest absolute Gasteiger partial charge is 0.370 e. The smallest absolute Gasteiger partial charge is 0.317 e. The molecule has 1 aliphatic carbocycles. The van der Waals surface area contributed by atoms with Gasteiger partial charge in [-0.2, -0.15) is 0 Å². The number of benzene rings is 1. The Morgan fingerprint density at radius 1 is 1.13 bits per heavy atom. The van der Waals surface area contributed by atoms with E-state index in [0.717, 1.165) is 18.4 Å². The molecular formula is C17H22Cl2N2O2. The summed E-state index contributed by atoms with van der Waals surface area (Å²) < 4.78 is 5.81. The normalized spacial score (nSPS) is 22.9. The third-order valence-electron chi connectivity index (χ3n) is 4.54. The maximum absolute atomic E-state index is 12.5. The number of rotatable bonds is 2. The number of urea groups is 1. The minimum Gasteiger partial charge on any atom is -0.370 e. The zero-order valence-corrected chi connectivity index (χ0v) is 14.6. The number of hydrogen-bond acceptors (Lipinski definition) is 2. The fraction of sp³-hybridized carbons (Fsp3) is 0.588. The highest BCUT2D eigenvalue weighted by atomic mass is 35.5. The molecule has 0 aromatic heterocycles. The van der Waals surface area contributed by atoms with Crippen LogP contribution in [-0.2, 0) is 4.74 Å². The lowest BCUT2D eigenvalue weighted by Crippen LogP contribution is -2.50. The van der Waals surface area contributed by atoms with Crippen LogP contribution in [0.1, 0.15) is 43.8 Å². The van der Waals surface area contributed by atoms with Gasteiger partial charge >= 0.3 is 6.03 Å². The number of carbonyl (C=O) groups excluding carboxylic acids is 1. The predicted octanol–water partition coefficient (Wildman–Crippen LogP) is 4.41. The second-order valence-electron chi connectivity index (χ2n) is 6.29. The van der Waals surface area contributed by atoms with Gasteiger partial charge in [-0.3, -0.25) is 0 Å². The topological polar surface area (TPSA) is 41.6 Å². The van der Waals surface area contributed by atoms with Crippen molar-refractivity contribution >= 4 is 29.2 Å². The van der Waals surface area contributed by atoms with Gasteiger partial charge in [0.15, 0.2) is 0 Å². The number of carbonyl (C=O) groups is 1. The summed E-state index contributed by atoms with van der Waals surface area (Å²) in [5, 5.41) is 4.33.